The lowest BCUT2D eigenvalue weighted by molar-refractivity contribution is -0.790. The van der Waals surface area contributed by atoms with Crippen LogP contribution in [-0.2, 0) is 38.4 Å². The van der Waals surface area contributed by atoms with Crippen molar-refractivity contribution in [1.82, 2.24) is 10.6 Å². The van der Waals surface area contributed by atoms with E-state index >= 15 is 0 Å². The number of carboxylic acids is 1. The largest absolute Gasteiger partial charge is 0.479 e. The molecule has 0 aliphatic rings. The van der Waals surface area contributed by atoms with Gasteiger partial charge in [0.15, 0.2) is 11.6 Å². The molecule has 0 aromatic rings. The SMILES string of the molecule is CCC(N)(C(=O)O)C(=O)NCCCC[C@H](NC(=O)C(C)=O)C(=O)OC[C@@H](CO[N+](=O)[O-])O[N+](=O)[O-]. The van der Waals surface area contributed by atoms with Gasteiger partial charge in [-0.25, -0.2) is 9.59 Å². The number of aliphatic carboxylic acids is 1. The molecule has 0 bridgehead atoms. The van der Waals surface area contributed by atoms with Gasteiger partial charge in [-0.05, 0) is 25.7 Å². The number of nitrogens with one attached hydrogen (secondary N) is 2. The molecule has 0 aromatic heterocycles. The molecule has 1 unspecified atom stereocenters. The number of nitrogens with two attached hydrogens (primary N) is 1. The van der Waals surface area contributed by atoms with Crippen molar-refractivity contribution in [2.24, 2.45) is 5.73 Å². The molecule has 0 fully saturated rings. The zero-order valence-corrected chi connectivity index (χ0v) is 18.9. The number of amides is 2. The van der Waals surface area contributed by atoms with Gasteiger partial charge in [0.25, 0.3) is 22.0 Å². The van der Waals surface area contributed by atoms with Crippen LogP contribution in [-0.4, -0.2) is 82.3 Å². The van der Waals surface area contributed by atoms with Crippen LogP contribution in [0.4, 0.5) is 0 Å². The summed E-state index contributed by atoms with van der Waals surface area (Å²) in [5, 5.41) is 31.8. The Balaban J connectivity index is 4.95. The highest BCUT2D eigenvalue weighted by Gasteiger charge is 2.40. The Morgan fingerprint density at radius 3 is 2.20 bits per heavy atom. The smallest absolute Gasteiger partial charge is 0.333 e. The average Bonchev–Trinajstić information content (AvgIpc) is 2.77. The Labute approximate surface area is 197 Å². The minimum absolute atomic E-state index is 0.0233. The van der Waals surface area contributed by atoms with Gasteiger partial charge in [-0.2, -0.15) is 0 Å². The van der Waals surface area contributed by atoms with Crippen LogP contribution in [0.3, 0.4) is 0 Å². The number of hydrogen-bond acceptors (Lipinski definition) is 13. The maximum atomic E-state index is 12.3. The van der Waals surface area contributed by atoms with E-state index in [2.05, 4.69) is 20.3 Å². The Morgan fingerprint density at radius 2 is 1.71 bits per heavy atom. The molecule has 0 aliphatic carbocycles. The Morgan fingerprint density at radius 1 is 1.09 bits per heavy atom. The zero-order chi connectivity index (χ0) is 27.2. The molecule has 5 N–H and O–H groups in total. The third kappa shape index (κ3) is 11.6. The number of carbonyl (C=O) groups is 5. The summed E-state index contributed by atoms with van der Waals surface area (Å²) in [5.74, 6) is -5.58. The molecule has 0 spiro atoms. The maximum Gasteiger partial charge on any atom is 0.333 e. The van der Waals surface area contributed by atoms with E-state index in [9.17, 15) is 44.2 Å². The van der Waals surface area contributed by atoms with E-state index in [-0.39, 0.29) is 32.2 Å². The molecule has 0 aromatic carbocycles. The molecule has 0 heterocycles. The van der Waals surface area contributed by atoms with Gasteiger partial charge < -0.3 is 35.9 Å². The van der Waals surface area contributed by atoms with Crippen molar-refractivity contribution in [3.05, 3.63) is 20.2 Å². The highest BCUT2D eigenvalue weighted by atomic mass is 17.0. The van der Waals surface area contributed by atoms with E-state index in [1.54, 1.807) is 0 Å². The van der Waals surface area contributed by atoms with E-state index in [1.165, 1.54) is 6.92 Å². The molecule has 18 nitrogen and oxygen atoms in total. The van der Waals surface area contributed by atoms with E-state index in [4.69, 9.17) is 15.6 Å². The van der Waals surface area contributed by atoms with Crippen LogP contribution in [0.25, 0.3) is 0 Å². The fourth-order valence-corrected chi connectivity index (χ4v) is 2.40. The van der Waals surface area contributed by atoms with Crippen molar-refractivity contribution >= 4 is 29.5 Å². The summed E-state index contributed by atoms with van der Waals surface area (Å²) in [7, 11) is 0. The van der Waals surface area contributed by atoms with Crippen LogP contribution in [0.5, 0.6) is 0 Å². The predicted molar refractivity (Wildman–Crippen MR) is 110 cm³/mol. The Bertz CT molecular complexity index is 820. The summed E-state index contributed by atoms with van der Waals surface area (Å²) < 4.78 is 4.81. The number of esters is 1. The number of nitrogens with zero attached hydrogens (tertiary/aromatic N) is 2. The zero-order valence-electron chi connectivity index (χ0n) is 18.9. The summed E-state index contributed by atoms with van der Waals surface area (Å²) in [6, 6.07) is -1.39. The number of hydrogen-bond donors (Lipinski definition) is 4. The summed E-state index contributed by atoms with van der Waals surface area (Å²) in [6.45, 7) is 0.568. The quantitative estimate of drug-likeness (QED) is 0.0384. The normalized spacial score (nSPS) is 13.8. The van der Waals surface area contributed by atoms with Crippen molar-refractivity contribution in [2.45, 2.75) is 57.2 Å². The number of ether oxygens (including phenoxy) is 1. The first kappa shape index (κ1) is 30.9. The second-order valence-corrected chi connectivity index (χ2v) is 7.06. The van der Waals surface area contributed by atoms with Crippen molar-refractivity contribution in [3.8, 4) is 0 Å². The second kappa shape index (κ2) is 14.9. The van der Waals surface area contributed by atoms with Crippen molar-refractivity contribution in [2.75, 3.05) is 19.8 Å². The van der Waals surface area contributed by atoms with E-state index in [0.717, 1.165) is 6.92 Å². The molecule has 2 amide bonds. The van der Waals surface area contributed by atoms with Gasteiger partial charge in [-0.3, -0.25) is 14.4 Å². The molecule has 0 radical (unpaired) electrons. The maximum absolute atomic E-state index is 12.3. The highest BCUT2D eigenvalue weighted by Crippen LogP contribution is 2.08. The number of ketones is 1. The van der Waals surface area contributed by atoms with Gasteiger partial charge in [-0.1, -0.05) is 6.92 Å². The van der Waals surface area contributed by atoms with Crippen LogP contribution in [0.15, 0.2) is 0 Å². The lowest BCUT2D eigenvalue weighted by atomic mass is 9.96. The highest BCUT2D eigenvalue weighted by molar-refractivity contribution is 6.35. The van der Waals surface area contributed by atoms with E-state index in [1.807, 2.05) is 0 Å². The Hall–Kier alpha value is -4.09. The molecule has 3 atom stereocenters. The van der Waals surface area contributed by atoms with Gasteiger partial charge in [0, 0.05) is 13.5 Å². The lowest BCUT2D eigenvalue weighted by Crippen LogP contribution is -2.59. The van der Waals surface area contributed by atoms with Crippen LogP contribution >= 0.6 is 0 Å². The molecule has 0 saturated heterocycles. The summed E-state index contributed by atoms with van der Waals surface area (Å²) >= 11 is 0. The number of carboxylic acid groups (broad SMARTS) is 1. The fourth-order valence-electron chi connectivity index (χ4n) is 2.40. The first-order valence-corrected chi connectivity index (χ1v) is 10.1. The van der Waals surface area contributed by atoms with Gasteiger partial charge in [-0.15, -0.1) is 20.2 Å². The van der Waals surface area contributed by atoms with Crippen LogP contribution in [0.1, 0.15) is 39.5 Å². The van der Waals surface area contributed by atoms with Crippen LogP contribution in [0.2, 0.25) is 0 Å². The second-order valence-electron chi connectivity index (χ2n) is 7.06. The number of unbranched alkanes of at least 4 members (excludes halogenated alkanes) is 1. The average molecular weight is 509 g/mol. The van der Waals surface area contributed by atoms with Gasteiger partial charge >= 0.3 is 11.9 Å². The monoisotopic (exact) mass is 509 g/mol. The van der Waals surface area contributed by atoms with Gasteiger partial charge in [0.05, 0.1) is 0 Å². The summed E-state index contributed by atoms with van der Waals surface area (Å²) in [4.78, 5) is 87.2. The topological polar surface area (TPSA) is 270 Å². The summed E-state index contributed by atoms with van der Waals surface area (Å²) in [6.07, 6.45) is -1.56. The standard InChI is InChI=1S/C17H27N5O13/c1-3-17(18,16(27)28)15(26)19-7-5-4-6-12(20-13(24)10(2)23)14(25)33-8-11(35-22(31)32)9-34-21(29)30/h11-12H,3-9,18H2,1-2H3,(H,19,26)(H,20,24)(H,27,28)/t11-,12-,17?/m0/s1. The number of Topliss-reactive ketones (excluding diaryl/α,β-unsaturated/α-hetero) is 1. The molecule has 18 heteroatoms. The molecular formula is C17H27N5O13. The minimum atomic E-state index is -2.11. The van der Waals surface area contributed by atoms with Crippen molar-refractivity contribution < 1.29 is 53.7 Å². The van der Waals surface area contributed by atoms with Crippen molar-refractivity contribution in [1.29, 1.82) is 0 Å². The first-order chi connectivity index (χ1) is 16.2. The number of rotatable bonds is 18. The molecule has 0 saturated carbocycles. The lowest BCUT2D eigenvalue weighted by Gasteiger charge is -2.22. The Kier molecular flexibility index (Phi) is 13.2. The molecule has 198 valence electrons. The molecule has 0 aliphatic heterocycles. The van der Waals surface area contributed by atoms with Crippen LogP contribution < -0.4 is 16.4 Å². The third-order valence-electron chi connectivity index (χ3n) is 4.47. The predicted octanol–water partition coefficient (Wildman–Crippen LogP) is -2.13. The van der Waals surface area contributed by atoms with E-state index < -0.39 is 70.6 Å². The molecule has 0 rings (SSSR count). The van der Waals surface area contributed by atoms with Crippen LogP contribution in [0, 0.1) is 20.2 Å². The summed E-state index contributed by atoms with van der Waals surface area (Å²) in [5.41, 5.74) is 3.44. The fraction of sp³-hybridized carbons (Fsp3) is 0.706. The van der Waals surface area contributed by atoms with Gasteiger partial charge in [0.1, 0.15) is 19.3 Å². The number of carbonyl (C=O) groups excluding carboxylic acids is 4. The minimum Gasteiger partial charge on any atom is -0.479 e. The van der Waals surface area contributed by atoms with Crippen molar-refractivity contribution in [3.63, 3.8) is 0 Å². The first-order valence-electron chi connectivity index (χ1n) is 10.1. The van der Waals surface area contributed by atoms with E-state index in [0.29, 0.717) is 0 Å². The third-order valence-corrected chi connectivity index (χ3v) is 4.47. The van der Waals surface area contributed by atoms with Gasteiger partial charge in [0.2, 0.25) is 5.78 Å². The molecular weight excluding hydrogens is 482 g/mol. The molecule has 35 heavy (non-hydrogen) atoms.